The molecule has 2 rings (SSSR count). The average Bonchev–Trinajstić information content (AvgIpc) is 2.97. The molecule has 6 nitrogen and oxygen atoms in total. The van der Waals surface area contributed by atoms with Gasteiger partial charge in [0.05, 0.1) is 6.26 Å². The second-order valence-corrected chi connectivity index (χ2v) is 4.12. The molecule has 0 fully saturated rings. The van der Waals surface area contributed by atoms with Gasteiger partial charge >= 0.3 is 6.03 Å². The zero-order valence-electron chi connectivity index (χ0n) is 11.1. The molecule has 0 spiro atoms. The van der Waals surface area contributed by atoms with Crippen LogP contribution in [0.5, 0.6) is 0 Å². The maximum Gasteiger partial charge on any atom is 0.319 e. The second-order valence-electron chi connectivity index (χ2n) is 4.12. The second kappa shape index (κ2) is 7.09. The van der Waals surface area contributed by atoms with Crippen molar-refractivity contribution in [3.8, 4) is 0 Å². The summed E-state index contributed by atoms with van der Waals surface area (Å²) in [6, 6.07) is 8.23. The number of halogens is 1. The molecule has 0 aliphatic heterocycles. The Kier molecular flexibility index (Phi) is 4.92. The summed E-state index contributed by atoms with van der Waals surface area (Å²) in [5, 5.41) is 7.59. The predicted octanol–water partition coefficient (Wildman–Crippen LogP) is 1.97. The maximum absolute atomic E-state index is 12.9. The van der Waals surface area contributed by atoms with Crippen molar-refractivity contribution in [2.45, 2.75) is 0 Å². The van der Waals surface area contributed by atoms with Crippen LogP contribution in [0.25, 0.3) is 0 Å². The molecule has 21 heavy (non-hydrogen) atoms. The third kappa shape index (κ3) is 4.64. The quantitative estimate of drug-likeness (QED) is 0.736. The Morgan fingerprint density at radius 1 is 1.10 bits per heavy atom. The number of hydrogen-bond donors (Lipinski definition) is 3. The number of nitrogens with one attached hydrogen (secondary N) is 3. The number of benzene rings is 1. The van der Waals surface area contributed by atoms with Gasteiger partial charge in [-0.3, -0.25) is 4.79 Å². The van der Waals surface area contributed by atoms with Crippen molar-refractivity contribution in [1.82, 2.24) is 10.6 Å². The number of carbonyl (C=O) groups excluding carboxylic acids is 2. The van der Waals surface area contributed by atoms with E-state index in [1.54, 1.807) is 18.2 Å². The molecule has 1 aromatic carbocycles. The molecule has 3 N–H and O–H groups in total. The monoisotopic (exact) mass is 291 g/mol. The number of urea groups is 1. The van der Waals surface area contributed by atoms with Gasteiger partial charge in [0.15, 0.2) is 5.76 Å². The van der Waals surface area contributed by atoms with Crippen LogP contribution in [0.4, 0.5) is 14.9 Å². The molecule has 1 aromatic heterocycles. The molecule has 0 aliphatic carbocycles. The van der Waals surface area contributed by atoms with Gasteiger partial charge in [-0.15, -0.1) is 0 Å². The van der Waals surface area contributed by atoms with Crippen molar-refractivity contribution < 1.29 is 18.4 Å². The summed E-state index contributed by atoms with van der Waals surface area (Å²) in [6.45, 7) is 0.476. The van der Waals surface area contributed by atoms with Gasteiger partial charge < -0.3 is 20.4 Å². The average molecular weight is 291 g/mol. The Labute approximate surface area is 120 Å². The van der Waals surface area contributed by atoms with Gasteiger partial charge in [-0.2, -0.15) is 0 Å². The van der Waals surface area contributed by atoms with E-state index >= 15 is 0 Å². The Morgan fingerprint density at radius 3 is 2.62 bits per heavy atom. The molecular formula is C14H14FN3O3. The minimum Gasteiger partial charge on any atom is -0.459 e. The highest BCUT2D eigenvalue weighted by atomic mass is 19.1. The SMILES string of the molecule is O=C(NCCNC(=O)c1ccco1)Nc1cccc(F)c1. The van der Waals surface area contributed by atoms with E-state index in [9.17, 15) is 14.0 Å². The molecule has 1 heterocycles. The van der Waals surface area contributed by atoms with E-state index < -0.39 is 11.8 Å². The highest BCUT2D eigenvalue weighted by Gasteiger charge is 2.07. The maximum atomic E-state index is 12.9. The van der Waals surface area contributed by atoms with Crippen LogP contribution in [0.15, 0.2) is 47.1 Å². The summed E-state index contributed by atoms with van der Waals surface area (Å²) in [4.78, 5) is 23.0. The summed E-state index contributed by atoms with van der Waals surface area (Å²) >= 11 is 0. The summed E-state index contributed by atoms with van der Waals surface area (Å²) in [7, 11) is 0. The highest BCUT2D eigenvalue weighted by Crippen LogP contribution is 2.08. The Hall–Kier alpha value is -2.83. The molecule has 0 aliphatic rings. The fourth-order valence-corrected chi connectivity index (χ4v) is 1.59. The Balaban J connectivity index is 1.67. The van der Waals surface area contributed by atoms with E-state index in [2.05, 4.69) is 16.0 Å². The van der Waals surface area contributed by atoms with Crippen molar-refractivity contribution >= 4 is 17.6 Å². The van der Waals surface area contributed by atoms with Gasteiger partial charge in [-0.1, -0.05) is 6.07 Å². The molecule has 0 saturated carbocycles. The van der Waals surface area contributed by atoms with Crippen LogP contribution in [0, 0.1) is 5.82 Å². The lowest BCUT2D eigenvalue weighted by molar-refractivity contribution is 0.0926. The minimum atomic E-state index is -0.479. The fourth-order valence-electron chi connectivity index (χ4n) is 1.59. The van der Waals surface area contributed by atoms with E-state index in [1.807, 2.05) is 0 Å². The van der Waals surface area contributed by atoms with Gasteiger partial charge in [0.25, 0.3) is 5.91 Å². The van der Waals surface area contributed by atoms with Crippen LogP contribution >= 0.6 is 0 Å². The van der Waals surface area contributed by atoms with Crippen molar-refractivity contribution in [1.29, 1.82) is 0 Å². The van der Waals surface area contributed by atoms with Gasteiger partial charge in [0, 0.05) is 18.8 Å². The van der Waals surface area contributed by atoms with Gasteiger partial charge in [0.2, 0.25) is 0 Å². The Morgan fingerprint density at radius 2 is 1.90 bits per heavy atom. The summed E-state index contributed by atoms with van der Waals surface area (Å²) < 4.78 is 17.8. The molecule has 0 atom stereocenters. The van der Waals surface area contributed by atoms with Crippen molar-refractivity contribution in [3.05, 3.63) is 54.2 Å². The van der Waals surface area contributed by atoms with E-state index in [1.165, 1.54) is 24.5 Å². The van der Waals surface area contributed by atoms with E-state index in [0.717, 1.165) is 0 Å². The lowest BCUT2D eigenvalue weighted by Crippen LogP contribution is -2.36. The number of anilines is 1. The third-order valence-electron chi connectivity index (χ3n) is 2.52. The van der Waals surface area contributed by atoms with Crippen LogP contribution in [0.3, 0.4) is 0 Å². The first kappa shape index (κ1) is 14.6. The lowest BCUT2D eigenvalue weighted by Gasteiger charge is -2.08. The first-order valence-electron chi connectivity index (χ1n) is 6.27. The van der Waals surface area contributed by atoms with E-state index in [4.69, 9.17) is 4.42 Å². The Bertz CT molecular complexity index is 614. The smallest absolute Gasteiger partial charge is 0.319 e. The zero-order valence-corrected chi connectivity index (χ0v) is 11.1. The van der Waals surface area contributed by atoms with Crippen molar-refractivity contribution in [2.75, 3.05) is 18.4 Å². The molecule has 0 saturated heterocycles. The normalized spacial score (nSPS) is 9.95. The number of carbonyl (C=O) groups is 2. The van der Waals surface area contributed by atoms with Crippen molar-refractivity contribution in [2.24, 2.45) is 0 Å². The summed E-state index contributed by atoms with van der Waals surface area (Å²) in [5.41, 5.74) is 0.354. The molecule has 110 valence electrons. The van der Waals surface area contributed by atoms with Crippen LogP contribution in [0.2, 0.25) is 0 Å². The lowest BCUT2D eigenvalue weighted by atomic mass is 10.3. The molecule has 0 radical (unpaired) electrons. The van der Waals surface area contributed by atoms with Crippen LogP contribution < -0.4 is 16.0 Å². The van der Waals surface area contributed by atoms with E-state index in [0.29, 0.717) is 5.69 Å². The third-order valence-corrected chi connectivity index (χ3v) is 2.52. The number of amides is 3. The molecular weight excluding hydrogens is 277 g/mol. The summed E-state index contributed by atoms with van der Waals surface area (Å²) in [5.74, 6) is -0.579. The van der Waals surface area contributed by atoms with Crippen LogP contribution in [-0.4, -0.2) is 25.0 Å². The number of furan rings is 1. The van der Waals surface area contributed by atoms with Gasteiger partial charge in [-0.05, 0) is 30.3 Å². The number of hydrogen-bond acceptors (Lipinski definition) is 3. The minimum absolute atomic E-state index is 0.208. The van der Waals surface area contributed by atoms with Gasteiger partial charge in [0.1, 0.15) is 5.82 Å². The van der Waals surface area contributed by atoms with Gasteiger partial charge in [-0.25, -0.2) is 9.18 Å². The van der Waals surface area contributed by atoms with Crippen molar-refractivity contribution in [3.63, 3.8) is 0 Å². The highest BCUT2D eigenvalue weighted by molar-refractivity contribution is 5.91. The zero-order chi connectivity index (χ0) is 15.1. The largest absolute Gasteiger partial charge is 0.459 e. The molecule has 0 unspecified atom stereocenters. The standard InChI is InChI=1S/C14H14FN3O3/c15-10-3-1-4-11(9-10)18-14(20)17-7-6-16-13(19)12-5-2-8-21-12/h1-5,8-9H,6-7H2,(H,16,19)(H2,17,18,20). The molecule has 3 amide bonds. The van der Waals surface area contributed by atoms with E-state index in [-0.39, 0.29) is 24.8 Å². The molecule has 0 bridgehead atoms. The van der Waals surface area contributed by atoms with Crippen LogP contribution in [0.1, 0.15) is 10.6 Å². The first-order chi connectivity index (χ1) is 10.1. The predicted molar refractivity (Wildman–Crippen MR) is 74.5 cm³/mol. The topological polar surface area (TPSA) is 83.4 Å². The molecule has 7 heteroatoms. The molecule has 2 aromatic rings. The summed E-state index contributed by atoms with van der Waals surface area (Å²) in [6.07, 6.45) is 1.40. The van der Waals surface area contributed by atoms with Crippen LogP contribution in [-0.2, 0) is 0 Å². The fraction of sp³-hybridized carbons (Fsp3) is 0.143. The number of rotatable bonds is 5. The first-order valence-corrected chi connectivity index (χ1v) is 6.27.